The minimum absolute atomic E-state index is 0.0449. The lowest BCUT2D eigenvalue weighted by Crippen LogP contribution is -2.21. The second-order valence-electron chi connectivity index (χ2n) is 4.99. The highest BCUT2D eigenvalue weighted by molar-refractivity contribution is 7.99. The van der Waals surface area contributed by atoms with Gasteiger partial charge in [-0.05, 0) is 13.8 Å². The van der Waals surface area contributed by atoms with E-state index in [1.807, 2.05) is 0 Å². The molecule has 0 bridgehead atoms. The van der Waals surface area contributed by atoms with E-state index in [1.54, 1.807) is 13.8 Å². The molecule has 0 aliphatic heterocycles. The molecule has 0 fully saturated rings. The lowest BCUT2D eigenvalue weighted by Gasteiger charge is -2.06. The van der Waals surface area contributed by atoms with Crippen molar-refractivity contribution < 1.29 is 28.4 Å². The third-order valence-corrected chi connectivity index (χ3v) is 3.71. The fourth-order valence-corrected chi connectivity index (χ4v) is 2.35. The minimum Gasteiger partial charge on any atom is -0.462 e. The first-order chi connectivity index (χ1) is 12.9. The van der Waals surface area contributed by atoms with Crippen LogP contribution in [0.2, 0.25) is 0 Å². The monoisotopic (exact) mass is 395 g/mol. The van der Waals surface area contributed by atoms with E-state index >= 15 is 0 Å². The molecule has 0 spiro atoms. The van der Waals surface area contributed by atoms with Gasteiger partial charge in [-0.2, -0.15) is 0 Å². The summed E-state index contributed by atoms with van der Waals surface area (Å²) in [7, 11) is 0. The van der Waals surface area contributed by atoms with Crippen molar-refractivity contribution in [2.45, 2.75) is 19.0 Å². The number of nitrogens with two attached hydrogens (primary N) is 1. The Morgan fingerprint density at radius 2 is 2.11 bits per heavy atom. The molecular formula is C15H17N5O6S. The number of nitrogen functional groups attached to an aromatic ring is 1. The van der Waals surface area contributed by atoms with Crippen molar-refractivity contribution in [3.05, 3.63) is 23.6 Å². The normalized spacial score (nSPS) is 10.3. The summed E-state index contributed by atoms with van der Waals surface area (Å²) in [5, 5.41) is 6.18. The first kappa shape index (κ1) is 20.2. The molecular weight excluding hydrogens is 378 g/mol. The maximum absolute atomic E-state index is 11.7. The largest absolute Gasteiger partial charge is 0.462 e. The fourth-order valence-electron chi connectivity index (χ4n) is 1.73. The van der Waals surface area contributed by atoms with Crippen LogP contribution in [0.4, 0.5) is 11.6 Å². The van der Waals surface area contributed by atoms with Crippen molar-refractivity contribution >= 4 is 41.2 Å². The van der Waals surface area contributed by atoms with Crippen LogP contribution in [-0.4, -0.2) is 51.9 Å². The van der Waals surface area contributed by atoms with Crippen molar-refractivity contribution in [2.75, 3.05) is 30.0 Å². The van der Waals surface area contributed by atoms with Crippen LogP contribution in [-0.2, 0) is 19.1 Å². The second-order valence-corrected chi connectivity index (χ2v) is 5.93. The third-order valence-electron chi connectivity index (χ3n) is 2.87. The quantitative estimate of drug-likeness (QED) is 0.370. The van der Waals surface area contributed by atoms with Gasteiger partial charge in [-0.1, -0.05) is 16.9 Å². The summed E-state index contributed by atoms with van der Waals surface area (Å²) in [6.45, 7) is 3.06. The average molecular weight is 395 g/mol. The van der Waals surface area contributed by atoms with E-state index in [0.29, 0.717) is 5.76 Å². The summed E-state index contributed by atoms with van der Waals surface area (Å²) in [4.78, 5) is 42.8. The van der Waals surface area contributed by atoms with Gasteiger partial charge >= 0.3 is 11.9 Å². The first-order valence-electron chi connectivity index (χ1n) is 7.70. The fraction of sp³-hybridized carbons (Fsp3) is 0.333. The molecule has 2 heterocycles. The van der Waals surface area contributed by atoms with E-state index in [-0.39, 0.29) is 34.7 Å². The van der Waals surface area contributed by atoms with Gasteiger partial charge in [-0.3, -0.25) is 9.59 Å². The summed E-state index contributed by atoms with van der Waals surface area (Å²) in [6, 6.07) is 1.53. The maximum atomic E-state index is 11.7. The smallest absolute Gasteiger partial charge is 0.343 e. The highest BCUT2D eigenvalue weighted by atomic mass is 32.2. The number of rotatable bonds is 8. The number of nitrogens with one attached hydrogen (secondary N) is 1. The number of aryl methyl sites for hydroxylation is 1. The van der Waals surface area contributed by atoms with Gasteiger partial charge in [0.15, 0.2) is 17.6 Å². The van der Waals surface area contributed by atoms with Crippen LogP contribution >= 0.6 is 11.8 Å². The Labute approximate surface area is 158 Å². The number of anilines is 2. The highest BCUT2D eigenvalue weighted by Crippen LogP contribution is 2.17. The van der Waals surface area contributed by atoms with Crippen LogP contribution < -0.4 is 11.1 Å². The number of hydrogen-bond acceptors (Lipinski definition) is 11. The topological polar surface area (TPSA) is 160 Å². The van der Waals surface area contributed by atoms with Gasteiger partial charge < -0.3 is 25.0 Å². The number of nitrogens with zero attached hydrogens (tertiary/aromatic N) is 3. The van der Waals surface area contributed by atoms with Crippen molar-refractivity contribution in [2.24, 2.45) is 0 Å². The Balaban J connectivity index is 1.77. The molecule has 2 aromatic heterocycles. The molecule has 0 atom stereocenters. The van der Waals surface area contributed by atoms with Crippen molar-refractivity contribution in [3.8, 4) is 0 Å². The van der Waals surface area contributed by atoms with Gasteiger partial charge in [0.2, 0.25) is 0 Å². The van der Waals surface area contributed by atoms with E-state index in [1.165, 1.54) is 12.3 Å². The number of carbonyl (C=O) groups excluding carboxylic acids is 3. The van der Waals surface area contributed by atoms with Crippen LogP contribution in [0.1, 0.15) is 23.0 Å². The predicted molar refractivity (Wildman–Crippen MR) is 94.0 cm³/mol. The van der Waals surface area contributed by atoms with Crippen molar-refractivity contribution in [3.63, 3.8) is 0 Å². The number of amides is 1. The zero-order valence-electron chi connectivity index (χ0n) is 14.6. The van der Waals surface area contributed by atoms with Crippen LogP contribution in [0.3, 0.4) is 0 Å². The maximum Gasteiger partial charge on any atom is 0.343 e. The number of aromatic nitrogens is 3. The van der Waals surface area contributed by atoms with E-state index < -0.39 is 24.5 Å². The molecule has 0 aliphatic rings. The van der Waals surface area contributed by atoms with Crippen molar-refractivity contribution in [1.29, 1.82) is 0 Å². The summed E-state index contributed by atoms with van der Waals surface area (Å²) >= 11 is 0.948. The number of ether oxygens (including phenoxy) is 2. The molecule has 2 rings (SSSR count). The van der Waals surface area contributed by atoms with Crippen LogP contribution in [0, 0.1) is 6.92 Å². The summed E-state index contributed by atoms with van der Waals surface area (Å²) in [5.41, 5.74) is 5.73. The van der Waals surface area contributed by atoms with Gasteiger partial charge in [-0.15, -0.1) is 0 Å². The molecule has 3 N–H and O–H groups in total. The van der Waals surface area contributed by atoms with Crippen LogP contribution in [0.15, 0.2) is 21.9 Å². The van der Waals surface area contributed by atoms with Crippen LogP contribution in [0.25, 0.3) is 0 Å². The summed E-state index contributed by atoms with van der Waals surface area (Å²) in [5.74, 6) is -1.26. The molecule has 0 saturated carbocycles. The lowest BCUT2D eigenvalue weighted by molar-refractivity contribution is -0.144. The molecule has 0 saturated heterocycles. The Morgan fingerprint density at radius 3 is 2.74 bits per heavy atom. The zero-order valence-corrected chi connectivity index (χ0v) is 15.4. The van der Waals surface area contributed by atoms with E-state index in [2.05, 4.69) is 20.4 Å². The van der Waals surface area contributed by atoms with Gasteiger partial charge in [0, 0.05) is 12.3 Å². The predicted octanol–water partition coefficient (Wildman–Crippen LogP) is 0.806. The number of carbonyl (C=O) groups is 3. The molecule has 2 aromatic rings. The SMILES string of the molecule is CCOC(=O)c1cnc(SCC(=O)OCC(=O)Nc2cc(C)on2)nc1N. The Bertz CT molecular complexity index is 840. The number of thioether (sulfide) groups is 1. The molecule has 0 radical (unpaired) electrons. The standard InChI is InChI=1S/C15H17N5O6S/c1-3-24-14(23)9-5-17-15(19-13(9)16)27-7-12(22)25-6-11(21)18-10-4-8(2)26-20-10/h4-5H,3,6-7H2,1-2H3,(H2,16,17,19)(H,18,20,21). The third kappa shape index (κ3) is 6.26. The summed E-state index contributed by atoms with van der Waals surface area (Å²) < 4.78 is 14.5. The Kier molecular flexibility index (Phi) is 7.11. The molecule has 0 aromatic carbocycles. The Morgan fingerprint density at radius 1 is 1.33 bits per heavy atom. The first-order valence-corrected chi connectivity index (χ1v) is 8.68. The highest BCUT2D eigenvalue weighted by Gasteiger charge is 2.15. The molecule has 11 nitrogen and oxygen atoms in total. The van der Waals surface area contributed by atoms with Crippen molar-refractivity contribution in [1.82, 2.24) is 15.1 Å². The van der Waals surface area contributed by atoms with Gasteiger partial charge in [-0.25, -0.2) is 14.8 Å². The molecule has 0 unspecified atom stereocenters. The van der Waals surface area contributed by atoms with Gasteiger partial charge in [0.25, 0.3) is 5.91 Å². The summed E-state index contributed by atoms with van der Waals surface area (Å²) in [6.07, 6.45) is 1.22. The van der Waals surface area contributed by atoms with E-state index in [9.17, 15) is 14.4 Å². The zero-order chi connectivity index (χ0) is 19.8. The second kappa shape index (κ2) is 9.52. The number of esters is 2. The molecule has 1 amide bonds. The lowest BCUT2D eigenvalue weighted by atomic mass is 10.3. The minimum atomic E-state index is -0.650. The molecule has 144 valence electrons. The number of hydrogen-bond donors (Lipinski definition) is 2. The molecule has 12 heteroatoms. The van der Waals surface area contributed by atoms with Crippen LogP contribution in [0.5, 0.6) is 0 Å². The van der Waals surface area contributed by atoms with E-state index in [4.69, 9.17) is 19.7 Å². The average Bonchev–Trinajstić information content (AvgIpc) is 3.03. The Hall–Kier alpha value is -3.15. The van der Waals surface area contributed by atoms with Gasteiger partial charge in [0.05, 0.1) is 12.4 Å². The molecule has 27 heavy (non-hydrogen) atoms. The van der Waals surface area contributed by atoms with Gasteiger partial charge in [0.1, 0.15) is 17.1 Å². The molecule has 0 aliphatic carbocycles. The van der Waals surface area contributed by atoms with E-state index in [0.717, 1.165) is 11.8 Å².